The summed E-state index contributed by atoms with van der Waals surface area (Å²) in [6, 6.07) is 5.08. The maximum atomic E-state index is 12.8. The van der Waals surface area contributed by atoms with Gasteiger partial charge in [-0.15, -0.1) is 12.4 Å². The van der Waals surface area contributed by atoms with Gasteiger partial charge in [0.15, 0.2) is 11.5 Å². The van der Waals surface area contributed by atoms with Crippen molar-refractivity contribution in [3.05, 3.63) is 18.2 Å². The minimum Gasteiger partial charge on any atom is -0.490 e. The normalized spacial score (nSPS) is 22.0. The zero-order chi connectivity index (χ0) is 15.6. The average molecular weight is 363 g/mol. The van der Waals surface area contributed by atoms with Crippen molar-refractivity contribution in [1.29, 1.82) is 0 Å². The molecule has 1 aromatic carbocycles. The number of piperidine rings is 1. The first-order chi connectivity index (χ1) is 10.6. The summed E-state index contributed by atoms with van der Waals surface area (Å²) >= 11 is 0. The van der Waals surface area contributed by atoms with Crippen LogP contribution in [0.25, 0.3) is 0 Å². The van der Waals surface area contributed by atoms with Gasteiger partial charge in [-0.25, -0.2) is 8.42 Å². The third-order valence-corrected chi connectivity index (χ3v) is 6.01. The molecule has 0 aliphatic carbocycles. The quantitative estimate of drug-likeness (QED) is 0.885. The molecule has 0 bridgehead atoms. The van der Waals surface area contributed by atoms with Crippen molar-refractivity contribution >= 4 is 22.4 Å². The molecule has 0 radical (unpaired) electrons. The molecule has 8 heteroatoms. The third kappa shape index (κ3) is 3.91. The molecule has 130 valence electrons. The fourth-order valence-corrected chi connectivity index (χ4v) is 4.39. The number of hydrogen-bond acceptors (Lipinski definition) is 5. The lowest BCUT2D eigenvalue weighted by molar-refractivity contribution is 0.292. The van der Waals surface area contributed by atoms with Gasteiger partial charge < -0.3 is 14.8 Å². The zero-order valence-corrected chi connectivity index (χ0v) is 14.8. The Morgan fingerprint density at radius 3 is 2.65 bits per heavy atom. The topological polar surface area (TPSA) is 67.9 Å². The highest BCUT2D eigenvalue weighted by Crippen LogP contribution is 2.33. The second kappa shape index (κ2) is 7.70. The Morgan fingerprint density at radius 1 is 1.17 bits per heavy atom. The lowest BCUT2D eigenvalue weighted by atomic mass is 10.1. The van der Waals surface area contributed by atoms with Gasteiger partial charge in [-0.3, -0.25) is 0 Å². The first-order valence-corrected chi connectivity index (χ1v) is 9.12. The summed E-state index contributed by atoms with van der Waals surface area (Å²) in [5.74, 6) is 1.13. The fraction of sp³-hybridized carbons (Fsp3) is 0.600. The molecule has 0 spiro atoms. The van der Waals surface area contributed by atoms with Crippen LogP contribution in [0.3, 0.4) is 0 Å². The molecule has 2 aliphatic rings. The highest BCUT2D eigenvalue weighted by atomic mass is 35.5. The van der Waals surface area contributed by atoms with Gasteiger partial charge in [0.05, 0.1) is 18.1 Å². The average Bonchev–Trinajstić information content (AvgIpc) is 2.79. The van der Waals surface area contributed by atoms with Gasteiger partial charge >= 0.3 is 0 Å². The van der Waals surface area contributed by atoms with Crippen LogP contribution in [0.1, 0.15) is 19.3 Å². The van der Waals surface area contributed by atoms with Crippen LogP contribution in [0.4, 0.5) is 0 Å². The van der Waals surface area contributed by atoms with E-state index in [1.54, 1.807) is 22.5 Å². The Hall–Kier alpha value is -1.02. The Bertz CT molecular complexity index is 638. The first kappa shape index (κ1) is 18.3. The van der Waals surface area contributed by atoms with E-state index in [1.165, 1.54) is 0 Å². The third-order valence-electron chi connectivity index (χ3n) is 4.15. The van der Waals surface area contributed by atoms with E-state index in [0.717, 1.165) is 19.3 Å². The molecule has 0 amide bonds. The van der Waals surface area contributed by atoms with Crippen molar-refractivity contribution in [2.24, 2.45) is 0 Å². The standard InChI is InChI=1S/C15H22N2O4S.ClH/c1-16-12-4-2-7-17(11-12)22(18,19)13-5-6-14-15(10-13)21-9-3-8-20-14;/h5-6,10,12,16H,2-4,7-9,11H2,1H3;1H. The lowest BCUT2D eigenvalue weighted by Gasteiger charge is -2.31. The summed E-state index contributed by atoms with van der Waals surface area (Å²) in [6.07, 6.45) is 2.67. The van der Waals surface area contributed by atoms with E-state index in [1.807, 2.05) is 7.05 Å². The second-order valence-corrected chi connectivity index (χ2v) is 7.59. The van der Waals surface area contributed by atoms with E-state index in [4.69, 9.17) is 9.47 Å². The van der Waals surface area contributed by atoms with E-state index in [-0.39, 0.29) is 23.3 Å². The highest BCUT2D eigenvalue weighted by molar-refractivity contribution is 7.89. The minimum absolute atomic E-state index is 0. The lowest BCUT2D eigenvalue weighted by Crippen LogP contribution is -2.46. The molecular formula is C15H23ClN2O4S. The second-order valence-electron chi connectivity index (χ2n) is 5.65. The number of ether oxygens (including phenoxy) is 2. The predicted molar refractivity (Wildman–Crippen MR) is 90.1 cm³/mol. The Labute approximate surface area is 143 Å². The summed E-state index contributed by atoms with van der Waals surface area (Å²) in [7, 11) is -1.62. The molecule has 2 heterocycles. The molecule has 3 rings (SSSR count). The fourth-order valence-electron chi connectivity index (χ4n) is 2.85. The molecule has 1 N–H and O–H groups in total. The van der Waals surface area contributed by atoms with Crippen LogP contribution in [0.5, 0.6) is 11.5 Å². The van der Waals surface area contributed by atoms with E-state index in [2.05, 4.69) is 5.32 Å². The minimum atomic E-state index is -3.49. The summed E-state index contributed by atoms with van der Waals surface area (Å²) in [5.41, 5.74) is 0. The van der Waals surface area contributed by atoms with Crippen LogP contribution < -0.4 is 14.8 Å². The van der Waals surface area contributed by atoms with Crippen molar-refractivity contribution in [3.63, 3.8) is 0 Å². The zero-order valence-electron chi connectivity index (χ0n) is 13.2. The van der Waals surface area contributed by atoms with Crippen molar-refractivity contribution in [2.45, 2.75) is 30.2 Å². The molecule has 2 aliphatic heterocycles. The number of nitrogens with one attached hydrogen (secondary N) is 1. The number of halogens is 1. The van der Waals surface area contributed by atoms with Gasteiger partial charge in [0, 0.05) is 31.6 Å². The SMILES string of the molecule is CNC1CCCN(S(=O)(=O)c2ccc3c(c2)OCCCO3)C1.Cl. The van der Waals surface area contributed by atoms with Crippen molar-refractivity contribution in [2.75, 3.05) is 33.4 Å². The highest BCUT2D eigenvalue weighted by Gasteiger charge is 2.30. The van der Waals surface area contributed by atoms with E-state index in [9.17, 15) is 8.42 Å². The van der Waals surface area contributed by atoms with Crippen LogP contribution in [0.2, 0.25) is 0 Å². The van der Waals surface area contributed by atoms with Gasteiger partial charge in [-0.2, -0.15) is 4.31 Å². The molecule has 6 nitrogen and oxygen atoms in total. The maximum absolute atomic E-state index is 12.8. The van der Waals surface area contributed by atoms with Gasteiger partial charge in [0.2, 0.25) is 10.0 Å². The van der Waals surface area contributed by atoms with Crippen LogP contribution in [0, 0.1) is 0 Å². The molecular weight excluding hydrogens is 340 g/mol. The van der Waals surface area contributed by atoms with Gasteiger partial charge in [-0.1, -0.05) is 0 Å². The first-order valence-electron chi connectivity index (χ1n) is 7.68. The summed E-state index contributed by atoms with van der Waals surface area (Å²) in [5, 5.41) is 3.16. The summed E-state index contributed by atoms with van der Waals surface area (Å²) in [6.45, 7) is 2.21. The number of benzene rings is 1. The van der Waals surface area contributed by atoms with Crippen molar-refractivity contribution < 1.29 is 17.9 Å². The Morgan fingerprint density at radius 2 is 1.91 bits per heavy atom. The number of rotatable bonds is 3. The number of nitrogens with zero attached hydrogens (tertiary/aromatic N) is 1. The Balaban J connectivity index is 0.00000192. The molecule has 1 atom stereocenters. The smallest absolute Gasteiger partial charge is 0.243 e. The number of fused-ring (bicyclic) bond motifs is 1. The van der Waals surface area contributed by atoms with Gasteiger partial charge in [0.25, 0.3) is 0 Å². The van der Waals surface area contributed by atoms with Gasteiger partial charge in [0.1, 0.15) is 0 Å². The molecule has 0 saturated carbocycles. The van der Waals surface area contributed by atoms with Crippen LogP contribution in [-0.4, -0.2) is 52.1 Å². The number of sulfonamides is 1. The van der Waals surface area contributed by atoms with Crippen LogP contribution in [-0.2, 0) is 10.0 Å². The summed E-state index contributed by atoms with van der Waals surface area (Å²) < 4.78 is 38.3. The molecule has 0 aromatic heterocycles. The van der Waals surface area contributed by atoms with Gasteiger partial charge in [-0.05, 0) is 32.0 Å². The molecule has 23 heavy (non-hydrogen) atoms. The van der Waals surface area contributed by atoms with E-state index < -0.39 is 10.0 Å². The largest absolute Gasteiger partial charge is 0.490 e. The van der Waals surface area contributed by atoms with Crippen LogP contribution in [0.15, 0.2) is 23.1 Å². The molecule has 1 saturated heterocycles. The Kier molecular flexibility index (Phi) is 6.13. The predicted octanol–water partition coefficient (Wildman–Crippen LogP) is 1.64. The summed E-state index contributed by atoms with van der Waals surface area (Å²) in [4.78, 5) is 0.272. The van der Waals surface area contributed by atoms with Crippen molar-refractivity contribution in [1.82, 2.24) is 9.62 Å². The number of likely N-dealkylation sites (N-methyl/N-ethyl adjacent to an activating group) is 1. The van der Waals surface area contributed by atoms with E-state index in [0.29, 0.717) is 37.8 Å². The molecule has 1 unspecified atom stereocenters. The number of hydrogen-bond donors (Lipinski definition) is 1. The monoisotopic (exact) mass is 362 g/mol. The van der Waals surface area contributed by atoms with Crippen molar-refractivity contribution in [3.8, 4) is 11.5 Å². The molecule has 1 aromatic rings. The van der Waals surface area contributed by atoms with Crippen LogP contribution >= 0.6 is 12.4 Å². The molecule has 1 fully saturated rings. The maximum Gasteiger partial charge on any atom is 0.243 e. The van der Waals surface area contributed by atoms with E-state index >= 15 is 0 Å².